The van der Waals surface area contributed by atoms with Crippen molar-refractivity contribution in [3.8, 4) is 5.75 Å². The molecule has 1 fully saturated rings. The highest BCUT2D eigenvalue weighted by atomic mass is 16.5. The molecule has 2 N–H and O–H groups in total. The molecular weight excluding hydrogens is 244 g/mol. The quantitative estimate of drug-likeness (QED) is 0.835. The SMILES string of the molecule is NCC1CN(C(=O)C2COc3ccccc32)CCO1. The molecule has 0 bridgehead atoms. The van der Waals surface area contributed by atoms with Gasteiger partial charge in [-0.25, -0.2) is 0 Å². The van der Waals surface area contributed by atoms with Crippen LogP contribution in [0.15, 0.2) is 24.3 Å². The Kier molecular flexibility index (Phi) is 3.40. The van der Waals surface area contributed by atoms with Gasteiger partial charge in [-0.2, -0.15) is 0 Å². The molecule has 19 heavy (non-hydrogen) atoms. The lowest BCUT2D eigenvalue weighted by Gasteiger charge is -2.33. The van der Waals surface area contributed by atoms with Gasteiger partial charge in [-0.3, -0.25) is 4.79 Å². The van der Waals surface area contributed by atoms with Crippen LogP contribution in [0.1, 0.15) is 11.5 Å². The average Bonchev–Trinajstić information content (AvgIpc) is 2.90. The molecule has 0 aromatic heterocycles. The first-order valence-electron chi connectivity index (χ1n) is 6.62. The number of carbonyl (C=O) groups excluding carboxylic acids is 1. The van der Waals surface area contributed by atoms with Gasteiger partial charge in [0.1, 0.15) is 18.3 Å². The predicted molar refractivity (Wildman–Crippen MR) is 70.1 cm³/mol. The van der Waals surface area contributed by atoms with E-state index < -0.39 is 0 Å². The van der Waals surface area contributed by atoms with Crippen LogP contribution in [0.3, 0.4) is 0 Å². The second kappa shape index (κ2) is 5.19. The molecule has 0 radical (unpaired) electrons. The van der Waals surface area contributed by atoms with Gasteiger partial charge < -0.3 is 20.1 Å². The highest BCUT2D eigenvalue weighted by molar-refractivity contribution is 5.85. The third kappa shape index (κ3) is 2.31. The van der Waals surface area contributed by atoms with Crippen LogP contribution in [0, 0.1) is 0 Å². The van der Waals surface area contributed by atoms with Crippen LogP contribution >= 0.6 is 0 Å². The van der Waals surface area contributed by atoms with Gasteiger partial charge in [0, 0.05) is 25.2 Å². The zero-order chi connectivity index (χ0) is 13.2. The van der Waals surface area contributed by atoms with Crippen molar-refractivity contribution in [2.24, 2.45) is 5.73 Å². The molecule has 5 nitrogen and oxygen atoms in total. The van der Waals surface area contributed by atoms with Crippen molar-refractivity contribution < 1.29 is 14.3 Å². The summed E-state index contributed by atoms with van der Waals surface area (Å²) in [4.78, 5) is 14.4. The first-order chi connectivity index (χ1) is 9.29. The Balaban J connectivity index is 1.75. The van der Waals surface area contributed by atoms with Crippen molar-refractivity contribution in [2.45, 2.75) is 12.0 Å². The number of rotatable bonds is 2. The van der Waals surface area contributed by atoms with Crippen LogP contribution in [0.4, 0.5) is 0 Å². The number of hydrogen-bond donors (Lipinski definition) is 1. The summed E-state index contributed by atoms with van der Waals surface area (Å²) in [6.45, 7) is 2.65. The molecule has 0 aliphatic carbocycles. The topological polar surface area (TPSA) is 64.8 Å². The van der Waals surface area contributed by atoms with Crippen LogP contribution in [0.25, 0.3) is 0 Å². The van der Waals surface area contributed by atoms with Gasteiger partial charge in [-0.1, -0.05) is 18.2 Å². The van der Waals surface area contributed by atoms with Gasteiger partial charge in [0.05, 0.1) is 12.7 Å². The summed E-state index contributed by atoms with van der Waals surface area (Å²) in [7, 11) is 0. The summed E-state index contributed by atoms with van der Waals surface area (Å²) in [6, 6.07) is 7.73. The molecule has 2 aliphatic heterocycles. The van der Waals surface area contributed by atoms with Gasteiger partial charge in [-0.05, 0) is 6.07 Å². The molecule has 2 unspecified atom stereocenters. The fraction of sp³-hybridized carbons (Fsp3) is 0.500. The molecule has 102 valence electrons. The highest BCUT2D eigenvalue weighted by Gasteiger charge is 2.35. The van der Waals surface area contributed by atoms with Gasteiger partial charge in [0.2, 0.25) is 5.91 Å². The lowest BCUT2D eigenvalue weighted by atomic mass is 9.99. The highest BCUT2D eigenvalue weighted by Crippen LogP contribution is 2.34. The Morgan fingerprint density at radius 2 is 2.26 bits per heavy atom. The van der Waals surface area contributed by atoms with Crippen molar-refractivity contribution in [1.29, 1.82) is 0 Å². The number of hydrogen-bond acceptors (Lipinski definition) is 4. The minimum absolute atomic E-state index is 0.0461. The van der Waals surface area contributed by atoms with E-state index in [9.17, 15) is 4.79 Å². The zero-order valence-corrected chi connectivity index (χ0v) is 10.7. The van der Waals surface area contributed by atoms with Crippen LogP contribution in [0.5, 0.6) is 5.75 Å². The van der Waals surface area contributed by atoms with E-state index >= 15 is 0 Å². The zero-order valence-electron chi connectivity index (χ0n) is 10.7. The summed E-state index contributed by atoms with van der Waals surface area (Å²) >= 11 is 0. The molecule has 3 rings (SSSR count). The fourth-order valence-corrected chi connectivity index (χ4v) is 2.65. The first kappa shape index (κ1) is 12.4. The summed E-state index contributed by atoms with van der Waals surface area (Å²) in [5.41, 5.74) is 6.60. The largest absolute Gasteiger partial charge is 0.492 e. The number of para-hydroxylation sites is 1. The second-order valence-electron chi connectivity index (χ2n) is 4.91. The van der Waals surface area contributed by atoms with E-state index in [0.29, 0.717) is 32.8 Å². The maximum absolute atomic E-state index is 12.6. The number of fused-ring (bicyclic) bond motifs is 1. The molecule has 1 amide bonds. The molecule has 1 aromatic rings. The number of amides is 1. The maximum atomic E-state index is 12.6. The Bertz CT molecular complexity index is 478. The van der Waals surface area contributed by atoms with Gasteiger partial charge >= 0.3 is 0 Å². The smallest absolute Gasteiger partial charge is 0.233 e. The van der Waals surface area contributed by atoms with Crippen molar-refractivity contribution in [2.75, 3.05) is 32.8 Å². The van der Waals surface area contributed by atoms with Gasteiger partial charge in [0.15, 0.2) is 0 Å². The van der Waals surface area contributed by atoms with E-state index in [1.165, 1.54) is 0 Å². The number of benzene rings is 1. The Hall–Kier alpha value is -1.59. The molecular formula is C14H18N2O3. The summed E-state index contributed by atoms with van der Waals surface area (Å²) in [6.07, 6.45) is -0.0461. The number of carbonyl (C=O) groups is 1. The fourth-order valence-electron chi connectivity index (χ4n) is 2.65. The Morgan fingerprint density at radius 1 is 1.42 bits per heavy atom. The number of morpholine rings is 1. The molecule has 1 saturated heterocycles. The lowest BCUT2D eigenvalue weighted by molar-refractivity contribution is -0.140. The Labute approximate surface area is 112 Å². The molecule has 2 aliphatic rings. The standard InChI is InChI=1S/C14H18N2O3/c15-7-10-8-16(5-6-18-10)14(17)12-9-19-13-4-2-1-3-11(12)13/h1-4,10,12H,5-9,15H2. The van der Waals surface area contributed by atoms with E-state index in [4.69, 9.17) is 15.2 Å². The van der Waals surface area contributed by atoms with Crippen LogP contribution < -0.4 is 10.5 Å². The minimum atomic E-state index is -0.187. The minimum Gasteiger partial charge on any atom is -0.492 e. The maximum Gasteiger partial charge on any atom is 0.233 e. The molecule has 1 aromatic carbocycles. The first-order valence-corrected chi connectivity index (χ1v) is 6.62. The lowest BCUT2D eigenvalue weighted by Crippen LogP contribution is -2.49. The normalized spacial score (nSPS) is 25.8. The third-order valence-corrected chi connectivity index (χ3v) is 3.71. The van der Waals surface area contributed by atoms with Crippen molar-refractivity contribution in [1.82, 2.24) is 4.90 Å². The van der Waals surface area contributed by atoms with E-state index in [-0.39, 0.29) is 17.9 Å². The van der Waals surface area contributed by atoms with Crippen molar-refractivity contribution in [3.05, 3.63) is 29.8 Å². The van der Waals surface area contributed by atoms with E-state index in [2.05, 4.69) is 0 Å². The molecule has 2 heterocycles. The van der Waals surface area contributed by atoms with Crippen LogP contribution in [0.2, 0.25) is 0 Å². The van der Waals surface area contributed by atoms with E-state index in [0.717, 1.165) is 11.3 Å². The van der Waals surface area contributed by atoms with Crippen molar-refractivity contribution in [3.63, 3.8) is 0 Å². The third-order valence-electron chi connectivity index (χ3n) is 3.71. The Morgan fingerprint density at radius 3 is 3.11 bits per heavy atom. The second-order valence-corrected chi connectivity index (χ2v) is 4.91. The van der Waals surface area contributed by atoms with Crippen LogP contribution in [-0.4, -0.2) is 49.8 Å². The van der Waals surface area contributed by atoms with E-state index in [1.807, 2.05) is 29.2 Å². The predicted octanol–water partition coefficient (Wildman–Crippen LogP) is 0.349. The summed E-state index contributed by atoms with van der Waals surface area (Å²) in [5, 5.41) is 0. The number of nitrogens with zero attached hydrogens (tertiary/aromatic N) is 1. The molecule has 2 atom stereocenters. The summed E-state index contributed by atoms with van der Waals surface area (Å²) in [5.74, 6) is 0.754. The van der Waals surface area contributed by atoms with Gasteiger partial charge in [0.25, 0.3) is 0 Å². The van der Waals surface area contributed by atoms with Gasteiger partial charge in [-0.15, -0.1) is 0 Å². The number of nitrogens with two attached hydrogens (primary N) is 1. The van der Waals surface area contributed by atoms with Crippen LogP contribution in [-0.2, 0) is 9.53 Å². The van der Waals surface area contributed by atoms with Crippen molar-refractivity contribution >= 4 is 5.91 Å². The average molecular weight is 262 g/mol. The number of ether oxygens (including phenoxy) is 2. The van der Waals surface area contributed by atoms with E-state index in [1.54, 1.807) is 0 Å². The molecule has 0 spiro atoms. The molecule has 5 heteroatoms. The monoisotopic (exact) mass is 262 g/mol. The summed E-state index contributed by atoms with van der Waals surface area (Å²) < 4.78 is 11.1. The molecule has 0 saturated carbocycles.